The number of nitrogens with zero attached hydrogens (tertiary/aromatic N) is 1. The Morgan fingerprint density at radius 2 is 2.45 bits per heavy atom. The number of hydrogen-bond donors (Lipinski definition) is 0. The first kappa shape index (κ1) is 8.07. The van der Waals surface area contributed by atoms with Crippen molar-refractivity contribution >= 4 is 17.1 Å². The molecule has 1 aromatic rings. The number of rotatable bonds is 2. The van der Waals surface area contributed by atoms with Crippen LogP contribution in [0, 0.1) is 0 Å². The summed E-state index contributed by atoms with van der Waals surface area (Å²) in [6.45, 7) is 0. The maximum Gasteiger partial charge on any atom is 0.0984 e. The molecule has 0 atom stereocenters. The maximum absolute atomic E-state index is 10.00. The van der Waals surface area contributed by atoms with Crippen LogP contribution in [0.5, 0.6) is 0 Å². The van der Waals surface area contributed by atoms with E-state index < -0.39 is 5.30 Å². The van der Waals surface area contributed by atoms with E-state index in [0.717, 1.165) is 17.5 Å². The van der Waals surface area contributed by atoms with Crippen molar-refractivity contribution in [2.75, 3.05) is 0 Å². The monoisotopic (exact) mass is 168 g/mol. The van der Waals surface area contributed by atoms with E-state index in [0.29, 0.717) is 5.75 Å². The van der Waals surface area contributed by atoms with Crippen LogP contribution in [0.3, 0.4) is 0 Å². The lowest BCUT2D eigenvalue weighted by Crippen LogP contribution is -2.15. The third-order valence-electron chi connectivity index (χ3n) is 1.06. The van der Waals surface area contributed by atoms with Crippen LogP contribution in [0.15, 0.2) is 24.4 Å². The molecule has 0 amide bonds. The minimum Gasteiger partial charge on any atom is -0.538 e. The Hall–Kier alpha value is -1.03. The van der Waals surface area contributed by atoms with E-state index in [9.17, 15) is 9.90 Å². The molecule has 0 saturated carbocycles. The van der Waals surface area contributed by atoms with Crippen molar-refractivity contribution in [1.29, 1.82) is 0 Å². The molecule has 0 unspecified atom stereocenters. The first-order valence-electron chi connectivity index (χ1n) is 3.03. The molecule has 3 nitrogen and oxygen atoms in total. The molecule has 4 heteroatoms. The highest BCUT2D eigenvalue weighted by Gasteiger charge is 1.92. The summed E-state index contributed by atoms with van der Waals surface area (Å²) in [4.78, 5) is 13.9. The smallest absolute Gasteiger partial charge is 0.0984 e. The molecular weight excluding hydrogens is 162 g/mol. The van der Waals surface area contributed by atoms with Crippen molar-refractivity contribution in [3.63, 3.8) is 0 Å². The molecule has 11 heavy (non-hydrogen) atoms. The van der Waals surface area contributed by atoms with E-state index in [1.165, 1.54) is 0 Å². The summed E-state index contributed by atoms with van der Waals surface area (Å²) < 4.78 is 0. The summed E-state index contributed by atoms with van der Waals surface area (Å²) in [5.74, 6) is 0.364. The van der Waals surface area contributed by atoms with Crippen LogP contribution in [-0.4, -0.2) is 10.3 Å². The van der Waals surface area contributed by atoms with Crippen LogP contribution >= 0.6 is 11.8 Å². The first-order valence-corrected chi connectivity index (χ1v) is 4.01. The Labute approximate surface area is 68.5 Å². The number of carboxylic acid groups (broad SMARTS) is 1. The lowest BCUT2D eigenvalue weighted by molar-refractivity contribution is -0.232. The summed E-state index contributed by atoms with van der Waals surface area (Å²) >= 11 is 0.727. The second kappa shape index (κ2) is 3.98. The lowest BCUT2D eigenvalue weighted by Gasteiger charge is -1.99. The topological polar surface area (TPSA) is 53.0 Å². The van der Waals surface area contributed by atoms with Crippen LogP contribution in [0.1, 0.15) is 5.69 Å². The number of carbonyl (C=O) groups excluding carboxylic acids is 1. The fourth-order valence-corrected chi connectivity index (χ4v) is 1.05. The van der Waals surface area contributed by atoms with Gasteiger partial charge in [-0.2, -0.15) is 0 Å². The molecule has 0 spiro atoms. The molecule has 1 aromatic heterocycles. The first-order chi connectivity index (χ1) is 5.29. The van der Waals surface area contributed by atoms with Gasteiger partial charge in [-0.3, -0.25) is 4.98 Å². The van der Waals surface area contributed by atoms with Gasteiger partial charge in [0.05, 0.1) is 11.0 Å². The van der Waals surface area contributed by atoms with Gasteiger partial charge >= 0.3 is 0 Å². The van der Waals surface area contributed by atoms with Gasteiger partial charge < -0.3 is 9.90 Å². The van der Waals surface area contributed by atoms with E-state index in [4.69, 9.17) is 0 Å². The summed E-state index contributed by atoms with van der Waals surface area (Å²) in [6.07, 6.45) is 1.63. The zero-order valence-electron chi connectivity index (χ0n) is 5.69. The highest BCUT2D eigenvalue weighted by Crippen LogP contribution is 2.07. The molecule has 1 rings (SSSR count). The van der Waals surface area contributed by atoms with Gasteiger partial charge in [-0.25, -0.2) is 0 Å². The molecule has 0 aromatic carbocycles. The lowest BCUT2D eigenvalue weighted by atomic mass is 10.4. The van der Waals surface area contributed by atoms with Gasteiger partial charge in [0.1, 0.15) is 0 Å². The van der Waals surface area contributed by atoms with Gasteiger partial charge in [0.2, 0.25) is 0 Å². The summed E-state index contributed by atoms with van der Waals surface area (Å²) in [7, 11) is 0. The molecule has 0 aliphatic heterocycles. The predicted molar refractivity (Wildman–Crippen MR) is 40.9 cm³/mol. The number of aromatic nitrogens is 1. The van der Waals surface area contributed by atoms with Gasteiger partial charge in [-0.05, 0) is 12.1 Å². The minimum atomic E-state index is -1.12. The van der Waals surface area contributed by atoms with E-state index in [2.05, 4.69) is 4.98 Å². The number of carbonyl (C=O) groups is 1. The van der Waals surface area contributed by atoms with Crippen LogP contribution < -0.4 is 5.11 Å². The Balaban J connectivity index is 2.45. The second-order valence-corrected chi connectivity index (χ2v) is 2.77. The van der Waals surface area contributed by atoms with Gasteiger partial charge in [-0.15, -0.1) is 11.8 Å². The van der Waals surface area contributed by atoms with E-state index in [1.807, 2.05) is 6.07 Å². The zero-order valence-corrected chi connectivity index (χ0v) is 6.50. The standard InChI is InChI=1S/C7H7NO2S/c9-7(10)11-5-6-3-1-2-4-8-6/h1-4H,5H2,(H,9,10)/p-1. The van der Waals surface area contributed by atoms with E-state index in [-0.39, 0.29) is 0 Å². The average Bonchev–Trinajstić information content (AvgIpc) is 2.03. The quantitative estimate of drug-likeness (QED) is 0.650. The molecule has 0 bridgehead atoms. The summed E-state index contributed by atoms with van der Waals surface area (Å²) in [5, 5.41) is 8.88. The summed E-state index contributed by atoms with van der Waals surface area (Å²) in [5.41, 5.74) is 0.752. The van der Waals surface area contributed by atoms with E-state index >= 15 is 0 Å². The average molecular weight is 168 g/mol. The number of thioether (sulfide) groups is 1. The van der Waals surface area contributed by atoms with Crippen molar-refractivity contribution in [1.82, 2.24) is 4.98 Å². The van der Waals surface area contributed by atoms with Crippen LogP contribution in [0.2, 0.25) is 0 Å². The summed E-state index contributed by atoms with van der Waals surface area (Å²) in [6, 6.07) is 5.38. The van der Waals surface area contributed by atoms with Crippen LogP contribution in [-0.2, 0) is 5.75 Å². The third-order valence-corrected chi connectivity index (χ3v) is 1.74. The fraction of sp³-hybridized carbons (Fsp3) is 0.143. The highest BCUT2D eigenvalue weighted by molar-refractivity contribution is 8.12. The highest BCUT2D eigenvalue weighted by atomic mass is 32.2. The Morgan fingerprint density at radius 3 is 3.00 bits per heavy atom. The van der Waals surface area contributed by atoms with Gasteiger partial charge in [0.15, 0.2) is 0 Å². The SMILES string of the molecule is O=C([O-])SCc1ccccn1. The molecule has 0 radical (unpaired) electrons. The van der Waals surface area contributed by atoms with Crippen LogP contribution in [0.4, 0.5) is 4.79 Å². The van der Waals surface area contributed by atoms with E-state index in [1.54, 1.807) is 18.3 Å². The van der Waals surface area contributed by atoms with Crippen molar-refractivity contribution in [2.24, 2.45) is 0 Å². The fourth-order valence-electron chi connectivity index (χ4n) is 0.616. The zero-order chi connectivity index (χ0) is 8.10. The molecule has 58 valence electrons. The molecule has 1 heterocycles. The Morgan fingerprint density at radius 1 is 1.64 bits per heavy atom. The number of hydrogen-bond acceptors (Lipinski definition) is 4. The van der Waals surface area contributed by atoms with Crippen molar-refractivity contribution < 1.29 is 9.90 Å². The Bertz CT molecular complexity index is 237. The molecule has 0 saturated heterocycles. The van der Waals surface area contributed by atoms with Crippen molar-refractivity contribution in [3.8, 4) is 0 Å². The molecule has 0 fully saturated rings. The minimum absolute atomic E-state index is 0.364. The molecule has 0 N–H and O–H groups in total. The predicted octanol–water partition coefficient (Wildman–Crippen LogP) is 0.658. The second-order valence-electron chi connectivity index (χ2n) is 1.86. The third kappa shape index (κ3) is 3.04. The van der Waals surface area contributed by atoms with Gasteiger partial charge in [-0.1, -0.05) is 6.07 Å². The molecular formula is C7H6NO2S-. The largest absolute Gasteiger partial charge is 0.538 e. The van der Waals surface area contributed by atoms with Crippen molar-refractivity contribution in [3.05, 3.63) is 30.1 Å². The van der Waals surface area contributed by atoms with Crippen LogP contribution in [0.25, 0.3) is 0 Å². The van der Waals surface area contributed by atoms with Crippen molar-refractivity contribution in [2.45, 2.75) is 5.75 Å². The number of pyridine rings is 1. The normalized spacial score (nSPS) is 9.45. The maximum atomic E-state index is 10.00. The molecule has 0 aliphatic rings. The van der Waals surface area contributed by atoms with Gasteiger partial charge in [0, 0.05) is 11.9 Å². The Kier molecular flexibility index (Phi) is 2.92. The van der Waals surface area contributed by atoms with Gasteiger partial charge in [0.25, 0.3) is 0 Å². The molecule has 0 aliphatic carbocycles.